The summed E-state index contributed by atoms with van der Waals surface area (Å²) in [7, 11) is 0. The van der Waals surface area contributed by atoms with Crippen molar-refractivity contribution >= 4 is 39.1 Å². The van der Waals surface area contributed by atoms with Crippen molar-refractivity contribution in [3.63, 3.8) is 0 Å². The zero-order valence-corrected chi connectivity index (χ0v) is 20.2. The molecule has 4 aromatic rings. The molecule has 0 radical (unpaired) electrons. The lowest BCUT2D eigenvalue weighted by Crippen LogP contribution is -2.35. The number of piperidine rings is 1. The van der Waals surface area contributed by atoms with Crippen LogP contribution in [0.15, 0.2) is 36.4 Å². The Morgan fingerprint density at radius 1 is 1.06 bits per heavy atom. The molecule has 0 amide bonds. The Hall–Kier alpha value is -3.18. The zero-order chi connectivity index (χ0) is 24.9. The molecular weight excluding hydrogens is 489 g/mol. The summed E-state index contributed by atoms with van der Waals surface area (Å²) in [6.45, 7) is 1.69. The first-order valence-corrected chi connectivity index (χ1v) is 12.9. The number of aliphatic hydroxyl groups excluding tert-OH is 1. The van der Waals surface area contributed by atoms with E-state index >= 15 is 0 Å². The van der Waals surface area contributed by atoms with E-state index in [0.717, 1.165) is 71.7 Å². The Morgan fingerprint density at radius 2 is 1.81 bits per heavy atom. The number of aromatic amines is 1. The minimum atomic E-state index is -4.37. The van der Waals surface area contributed by atoms with Crippen LogP contribution in [0, 0.1) is 5.92 Å². The Bertz CT molecular complexity index is 1370. The van der Waals surface area contributed by atoms with Gasteiger partial charge in [-0.2, -0.15) is 23.3 Å². The molecule has 2 fully saturated rings. The Balaban J connectivity index is 1.36. The molecule has 3 N–H and O–H groups in total. The third-order valence-electron chi connectivity index (χ3n) is 6.87. The molecule has 1 aromatic carbocycles. The maximum atomic E-state index is 13.0. The van der Waals surface area contributed by atoms with Crippen LogP contribution in [0.25, 0.3) is 20.7 Å². The van der Waals surface area contributed by atoms with Crippen LogP contribution in [0.4, 0.5) is 30.8 Å². The number of aliphatic hydroxyl groups is 1. The molecular formula is C25H25F3N6OS. The van der Waals surface area contributed by atoms with E-state index in [4.69, 9.17) is 9.97 Å². The summed E-state index contributed by atoms with van der Waals surface area (Å²) in [6, 6.07) is 9.09. The Kier molecular flexibility index (Phi) is 5.83. The van der Waals surface area contributed by atoms with Crippen molar-refractivity contribution < 1.29 is 18.3 Å². The number of hydrogen-bond acceptors (Lipinski definition) is 7. The molecule has 11 heteroatoms. The highest BCUT2D eigenvalue weighted by Crippen LogP contribution is 2.41. The summed E-state index contributed by atoms with van der Waals surface area (Å²) in [5.41, 5.74) is 1.85. The van der Waals surface area contributed by atoms with Crippen molar-refractivity contribution in [3.8, 4) is 10.4 Å². The predicted molar refractivity (Wildman–Crippen MR) is 134 cm³/mol. The van der Waals surface area contributed by atoms with E-state index in [1.807, 2.05) is 12.1 Å². The summed E-state index contributed by atoms with van der Waals surface area (Å²) in [4.78, 5) is 12.6. The summed E-state index contributed by atoms with van der Waals surface area (Å²) in [6.07, 6.45) is -0.317. The number of nitrogens with one attached hydrogen (secondary N) is 2. The highest BCUT2D eigenvalue weighted by molar-refractivity contribution is 7.22. The number of halogens is 3. The van der Waals surface area contributed by atoms with Crippen LogP contribution in [0.5, 0.6) is 0 Å². The van der Waals surface area contributed by atoms with E-state index in [0.29, 0.717) is 35.0 Å². The minimum absolute atomic E-state index is 0.185. The molecule has 0 unspecified atom stereocenters. The van der Waals surface area contributed by atoms with Crippen LogP contribution in [-0.4, -0.2) is 45.0 Å². The van der Waals surface area contributed by atoms with Gasteiger partial charge >= 0.3 is 6.18 Å². The van der Waals surface area contributed by atoms with E-state index in [-0.39, 0.29) is 6.61 Å². The van der Waals surface area contributed by atoms with Crippen molar-refractivity contribution in [1.29, 1.82) is 0 Å². The highest BCUT2D eigenvalue weighted by atomic mass is 32.1. The normalized spacial score (nSPS) is 17.2. The van der Waals surface area contributed by atoms with Crippen LogP contribution in [-0.2, 0) is 6.18 Å². The number of nitrogens with zero attached hydrogens (tertiary/aromatic N) is 4. The summed E-state index contributed by atoms with van der Waals surface area (Å²) in [5, 5.41) is 20.3. The zero-order valence-electron chi connectivity index (χ0n) is 19.3. The fourth-order valence-corrected chi connectivity index (χ4v) is 5.60. The fraction of sp³-hybridized carbons (Fsp3) is 0.400. The third kappa shape index (κ3) is 4.64. The van der Waals surface area contributed by atoms with Gasteiger partial charge in [0, 0.05) is 42.3 Å². The molecule has 0 bridgehead atoms. The first-order chi connectivity index (χ1) is 17.4. The molecule has 1 aliphatic heterocycles. The van der Waals surface area contributed by atoms with Gasteiger partial charge in [-0.25, -0.2) is 4.98 Å². The second-order valence-corrected chi connectivity index (χ2v) is 10.5. The van der Waals surface area contributed by atoms with Crippen molar-refractivity contribution in [1.82, 2.24) is 20.2 Å². The standard InChI is InChI=1S/C25H25F3N6OS/c26-25(27,28)17-5-3-16(4-6-17)20-11-19-22(36-20)23(30-21-12-18(32-33-21)15-1-2-15)31-24(29-19)34-9-7-14(13-35)8-10-34/h3-6,11-12,14-15,35H,1-2,7-10,13H2,(H2,29,30,31,32,33). The average molecular weight is 515 g/mol. The largest absolute Gasteiger partial charge is 0.416 e. The fourth-order valence-electron chi connectivity index (χ4n) is 4.55. The molecule has 0 atom stereocenters. The van der Waals surface area contributed by atoms with Gasteiger partial charge < -0.3 is 15.3 Å². The van der Waals surface area contributed by atoms with Gasteiger partial charge in [0.15, 0.2) is 11.6 Å². The maximum Gasteiger partial charge on any atom is 0.416 e. The van der Waals surface area contributed by atoms with Gasteiger partial charge in [0.1, 0.15) is 0 Å². The lowest BCUT2D eigenvalue weighted by Gasteiger charge is -2.31. The van der Waals surface area contributed by atoms with Crippen LogP contribution >= 0.6 is 11.3 Å². The summed E-state index contributed by atoms with van der Waals surface area (Å²) >= 11 is 1.44. The number of anilines is 3. The molecule has 4 heterocycles. The van der Waals surface area contributed by atoms with Crippen molar-refractivity contribution in [2.45, 2.75) is 37.8 Å². The van der Waals surface area contributed by atoms with Crippen LogP contribution in [0.1, 0.15) is 42.9 Å². The number of hydrogen-bond donors (Lipinski definition) is 3. The van der Waals surface area contributed by atoms with Gasteiger partial charge in [-0.05, 0) is 55.4 Å². The van der Waals surface area contributed by atoms with Crippen molar-refractivity contribution in [2.24, 2.45) is 5.92 Å². The number of fused-ring (bicyclic) bond motifs is 1. The van der Waals surface area contributed by atoms with Gasteiger partial charge in [-0.15, -0.1) is 11.3 Å². The second kappa shape index (κ2) is 9.04. The monoisotopic (exact) mass is 514 g/mol. The van der Waals surface area contributed by atoms with E-state index in [2.05, 4.69) is 20.4 Å². The lowest BCUT2D eigenvalue weighted by atomic mass is 9.98. The molecule has 0 spiro atoms. The highest BCUT2D eigenvalue weighted by Gasteiger charge is 2.30. The Morgan fingerprint density at radius 3 is 2.47 bits per heavy atom. The molecule has 36 heavy (non-hydrogen) atoms. The molecule has 6 rings (SSSR count). The van der Waals surface area contributed by atoms with Gasteiger partial charge in [-0.1, -0.05) is 12.1 Å². The van der Waals surface area contributed by atoms with E-state index in [1.54, 1.807) is 0 Å². The molecule has 2 aliphatic rings. The molecule has 1 aliphatic carbocycles. The SMILES string of the molecule is OCC1CCN(c2nc(Nc3cc(C4CC4)[nH]n3)c3sc(-c4ccc(C(F)(F)F)cc4)cc3n2)CC1. The Labute approximate surface area is 209 Å². The molecule has 188 valence electrons. The first kappa shape index (κ1) is 23.2. The first-order valence-electron chi connectivity index (χ1n) is 12.0. The average Bonchev–Trinajstić information content (AvgIpc) is 3.46. The number of alkyl halides is 3. The summed E-state index contributed by atoms with van der Waals surface area (Å²) < 4.78 is 39.9. The lowest BCUT2D eigenvalue weighted by molar-refractivity contribution is -0.137. The number of rotatable bonds is 6. The quantitative estimate of drug-likeness (QED) is 0.296. The molecule has 1 saturated carbocycles. The maximum absolute atomic E-state index is 13.0. The predicted octanol–water partition coefficient (Wildman–Crippen LogP) is 5.93. The molecule has 1 saturated heterocycles. The number of H-pyrrole nitrogens is 1. The molecule has 7 nitrogen and oxygen atoms in total. The minimum Gasteiger partial charge on any atom is -0.396 e. The number of thiophene rings is 1. The van der Waals surface area contributed by atoms with Crippen LogP contribution in [0.3, 0.4) is 0 Å². The topological polar surface area (TPSA) is 90.0 Å². The number of aromatic nitrogens is 4. The second-order valence-electron chi connectivity index (χ2n) is 9.49. The van der Waals surface area contributed by atoms with Gasteiger partial charge in [0.2, 0.25) is 5.95 Å². The van der Waals surface area contributed by atoms with E-state index in [1.165, 1.54) is 23.5 Å². The van der Waals surface area contributed by atoms with Gasteiger partial charge in [0.05, 0.1) is 15.8 Å². The number of benzene rings is 1. The van der Waals surface area contributed by atoms with Crippen molar-refractivity contribution in [2.75, 3.05) is 29.9 Å². The van der Waals surface area contributed by atoms with E-state index < -0.39 is 11.7 Å². The van der Waals surface area contributed by atoms with Crippen LogP contribution < -0.4 is 10.2 Å². The smallest absolute Gasteiger partial charge is 0.396 e. The van der Waals surface area contributed by atoms with Gasteiger partial charge in [0.25, 0.3) is 0 Å². The summed E-state index contributed by atoms with van der Waals surface area (Å²) in [5.74, 6) is 2.72. The van der Waals surface area contributed by atoms with E-state index in [9.17, 15) is 18.3 Å². The molecule has 3 aromatic heterocycles. The van der Waals surface area contributed by atoms with Crippen molar-refractivity contribution in [3.05, 3.63) is 47.7 Å². The van der Waals surface area contributed by atoms with Gasteiger partial charge in [-0.3, -0.25) is 5.10 Å². The third-order valence-corrected chi connectivity index (χ3v) is 8.05. The van der Waals surface area contributed by atoms with Crippen LogP contribution in [0.2, 0.25) is 0 Å².